The van der Waals surface area contributed by atoms with Gasteiger partial charge in [0.1, 0.15) is 12.4 Å². The van der Waals surface area contributed by atoms with Gasteiger partial charge in [0.05, 0.1) is 6.42 Å². The first-order valence-corrected chi connectivity index (χ1v) is 7.01. The SMILES string of the molecule is CSc1ccc(OCCN(C)CCC(=O)O)cc1.Cl. The van der Waals surface area contributed by atoms with Crippen molar-refractivity contribution in [2.24, 2.45) is 0 Å². The van der Waals surface area contributed by atoms with Gasteiger partial charge in [-0.2, -0.15) is 0 Å². The molecule has 0 unspecified atom stereocenters. The fraction of sp³-hybridized carbons (Fsp3) is 0.462. The van der Waals surface area contributed by atoms with Gasteiger partial charge in [-0.15, -0.1) is 24.2 Å². The van der Waals surface area contributed by atoms with Crippen molar-refractivity contribution in [1.82, 2.24) is 4.90 Å². The van der Waals surface area contributed by atoms with E-state index in [1.54, 1.807) is 11.8 Å². The van der Waals surface area contributed by atoms with Crippen molar-refractivity contribution in [2.75, 3.05) is 33.0 Å². The van der Waals surface area contributed by atoms with E-state index < -0.39 is 5.97 Å². The summed E-state index contributed by atoms with van der Waals surface area (Å²) in [6.07, 6.45) is 2.20. The van der Waals surface area contributed by atoms with Crippen molar-refractivity contribution < 1.29 is 14.6 Å². The Labute approximate surface area is 124 Å². The summed E-state index contributed by atoms with van der Waals surface area (Å²) < 4.78 is 5.58. The van der Waals surface area contributed by atoms with Crippen LogP contribution >= 0.6 is 24.2 Å². The first-order chi connectivity index (χ1) is 8.61. The maximum absolute atomic E-state index is 10.4. The molecule has 0 saturated heterocycles. The van der Waals surface area contributed by atoms with Crippen LogP contribution in [0.5, 0.6) is 5.75 Å². The number of carboxylic acid groups (broad SMARTS) is 1. The average molecular weight is 306 g/mol. The number of carboxylic acids is 1. The maximum atomic E-state index is 10.4. The number of halogens is 1. The van der Waals surface area contributed by atoms with E-state index in [0.29, 0.717) is 13.2 Å². The second kappa shape index (κ2) is 9.95. The zero-order valence-electron chi connectivity index (χ0n) is 11.2. The fourth-order valence-corrected chi connectivity index (χ4v) is 1.80. The van der Waals surface area contributed by atoms with Gasteiger partial charge in [0, 0.05) is 18.0 Å². The zero-order valence-corrected chi connectivity index (χ0v) is 12.8. The maximum Gasteiger partial charge on any atom is 0.304 e. The van der Waals surface area contributed by atoms with Crippen LogP contribution in [-0.4, -0.2) is 49.0 Å². The minimum atomic E-state index is -0.768. The van der Waals surface area contributed by atoms with Crippen molar-refractivity contribution in [1.29, 1.82) is 0 Å². The minimum Gasteiger partial charge on any atom is -0.492 e. The van der Waals surface area contributed by atoms with Crippen LogP contribution in [0.2, 0.25) is 0 Å². The number of ether oxygens (including phenoxy) is 1. The predicted molar refractivity (Wildman–Crippen MR) is 80.7 cm³/mol. The lowest BCUT2D eigenvalue weighted by Gasteiger charge is -2.15. The van der Waals surface area contributed by atoms with Crippen LogP contribution in [-0.2, 0) is 4.79 Å². The quantitative estimate of drug-likeness (QED) is 0.748. The Hall–Kier alpha value is -0.910. The summed E-state index contributed by atoms with van der Waals surface area (Å²) in [4.78, 5) is 13.6. The molecule has 4 nitrogen and oxygen atoms in total. The number of rotatable bonds is 8. The van der Waals surface area contributed by atoms with Gasteiger partial charge < -0.3 is 14.7 Å². The van der Waals surface area contributed by atoms with Crippen molar-refractivity contribution in [3.63, 3.8) is 0 Å². The number of aliphatic carboxylic acids is 1. The van der Waals surface area contributed by atoms with Gasteiger partial charge in [0.2, 0.25) is 0 Å². The van der Waals surface area contributed by atoms with Crippen molar-refractivity contribution in [3.8, 4) is 5.75 Å². The Morgan fingerprint density at radius 2 is 1.95 bits per heavy atom. The molecular formula is C13H20ClNO3S. The topological polar surface area (TPSA) is 49.8 Å². The molecule has 0 aromatic heterocycles. The lowest BCUT2D eigenvalue weighted by atomic mass is 10.3. The molecular weight excluding hydrogens is 286 g/mol. The van der Waals surface area contributed by atoms with Crippen LogP contribution in [0.1, 0.15) is 6.42 Å². The van der Waals surface area contributed by atoms with E-state index in [2.05, 4.69) is 0 Å². The van der Waals surface area contributed by atoms with Gasteiger partial charge in [-0.05, 0) is 37.6 Å². The third-order valence-corrected chi connectivity index (χ3v) is 3.25. The molecule has 0 aliphatic carbocycles. The molecule has 0 aliphatic rings. The van der Waals surface area contributed by atoms with E-state index in [4.69, 9.17) is 9.84 Å². The molecule has 0 heterocycles. The predicted octanol–water partition coefficient (Wildman–Crippen LogP) is 2.62. The number of carbonyl (C=O) groups is 1. The molecule has 6 heteroatoms. The summed E-state index contributed by atoms with van der Waals surface area (Å²) in [5.41, 5.74) is 0. The third kappa shape index (κ3) is 7.97. The summed E-state index contributed by atoms with van der Waals surface area (Å²) in [5.74, 6) is 0.0786. The second-order valence-electron chi connectivity index (χ2n) is 3.97. The molecule has 1 aromatic carbocycles. The second-order valence-corrected chi connectivity index (χ2v) is 4.85. The molecule has 1 rings (SSSR count). The van der Waals surface area contributed by atoms with Crippen LogP contribution in [0.3, 0.4) is 0 Å². The van der Waals surface area contributed by atoms with Crippen LogP contribution in [0.25, 0.3) is 0 Å². The smallest absolute Gasteiger partial charge is 0.304 e. The normalized spacial score (nSPS) is 10.1. The monoisotopic (exact) mass is 305 g/mol. The van der Waals surface area contributed by atoms with Crippen LogP contribution in [0.15, 0.2) is 29.2 Å². The molecule has 108 valence electrons. The average Bonchev–Trinajstić information content (AvgIpc) is 2.37. The van der Waals surface area contributed by atoms with E-state index in [1.807, 2.05) is 42.5 Å². The van der Waals surface area contributed by atoms with E-state index >= 15 is 0 Å². The third-order valence-electron chi connectivity index (χ3n) is 2.51. The van der Waals surface area contributed by atoms with Gasteiger partial charge in [0.15, 0.2) is 0 Å². The molecule has 0 radical (unpaired) electrons. The fourth-order valence-electron chi connectivity index (χ4n) is 1.39. The van der Waals surface area contributed by atoms with Gasteiger partial charge in [0.25, 0.3) is 0 Å². The molecule has 1 aromatic rings. The molecule has 0 bridgehead atoms. The van der Waals surface area contributed by atoms with E-state index in [-0.39, 0.29) is 18.8 Å². The molecule has 0 atom stereocenters. The molecule has 0 fully saturated rings. The number of benzene rings is 1. The Bertz CT molecular complexity index is 373. The Morgan fingerprint density at radius 3 is 2.47 bits per heavy atom. The molecule has 0 saturated carbocycles. The van der Waals surface area contributed by atoms with Crippen molar-refractivity contribution in [3.05, 3.63) is 24.3 Å². The number of hydrogen-bond donors (Lipinski definition) is 1. The summed E-state index contributed by atoms with van der Waals surface area (Å²) in [6.45, 7) is 1.83. The van der Waals surface area contributed by atoms with E-state index in [1.165, 1.54) is 4.90 Å². The van der Waals surface area contributed by atoms with Crippen LogP contribution < -0.4 is 4.74 Å². The van der Waals surface area contributed by atoms with Crippen LogP contribution in [0.4, 0.5) is 0 Å². The minimum absolute atomic E-state index is 0. The lowest BCUT2D eigenvalue weighted by Crippen LogP contribution is -2.26. The highest BCUT2D eigenvalue weighted by Crippen LogP contribution is 2.18. The summed E-state index contributed by atoms with van der Waals surface area (Å²) in [5, 5.41) is 8.56. The Balaban J connectivity index is 0.00000324. The van der Waals surface area contributed by atoms with Gasteiger partial charge >= 0.3 is 5.97 Å². The Morgan fingerprint density at radius 1 is 1.32 bits per heavy atom. The van der Waals surface area contributed by atoms with Gasteiger partial charge in [-0.1, -0.05) is 0 Å². The summed E-state index contributed by atoms with van der Waals surface area (Å²) in [7, 11) is 1.89. The van der Waals surface area contributed by atoms with Gasteiger partial charge in [-0.25, -0.2) is 0 Å². The lowest BCUT2D eigenvalue weighted by molar-refractivity contribution is -0.137. The molecule has 0 aliphatic heterocycles. The van der Waals surface area contributed by atoms with Crippen molar-refractivity contribution in [2.45, 2.75) is 11.3 Å². The first kappa shape index (κ1) is 18.1. The molecule has 0 amide bonds. The number of likely N-dealkylation sites (N-methyl/N-ethyl adjacent to an activating group) is 1. The van der Waals surface area contributed by atoms with Crippen LogP contribution in [0, 0.1) is 0 Å². The van der Waals surface area contributed by atoms with E-state index in [0.717, 1.165) is 12.3 Å². The highest BCUT2D eigenvalue weighted by Gasteiger charge is 2.02. The number of hydrogen-bond acceptors (Lipinski definition) is 4. The Kier molecular flexibility index (Phi) is 9.47. The standard InChI is InChI=1S/C13H19NO3S.ClH/c1-14(8-7-13(15)16)9-10-17-11-3-5-12(18-2)6-4-11;/h3-6H,7-10H2,1-2H3,(H,15,16);1H. The summed E-state index contributed by atoms with van der Waals surface area (Å²) >= 11 is 1.70. The number of thioether (sulfide) groups is 1. The zero-order chi connectivity index (χ0) is 13.4. The number of nitrogens with zero attached hydrogens (tertiary/aromatic N) is 1. The van der Waals surface area contributed by atoms with E-state index in [9.17, 15) is 4.79 Å². The molecule has 19 heavy (non-hydrogen) atoms. The largest absolute Gasteiger partial charge is 0.492 e. The summed E-state index contributed by atoms with van der Waals surface area (Å²) in [6, 6.07) is 7.94. The highest BCUT2D eigenvalue weighted by atomic mass is 35.5. The van der Waals surface area contributed by atoms with Crippen molar-refractivity contribution >= 4 is 30.1 Å². The van der Waals surface area contributed by atoms with Gasteiger partial charge in [-0.3, -0.25) is 4.79 Å². The highest BCUT2D eigenvalue weighted by molar-refractivity contribution is 7.98. The molecule has 1 N–H and O–H groups in total. The first-order valence-electron chi connectivity index (χ1n) is 5.79. The molecule has 0 spiro atoms.